The summed E-state index contributed by atoms with van der Waals surface area (Å²) in [5, 5.41) is 2.20. The van der Waals surface area contributed by atoms with E-state index in [1.54, 1.807) is 0 Å². The Morgan fingerprint density at radius 2 is 2.30 bits per heavy atom. The first-order valence-electron chi connectivity index (χ1n) is 3.10. The number of carbonyl (C=O) groups excluding carboxylic acids is 2. The van der Waals surface area contributed by atoms with Gasteiger partial charge in [0.05, 0.1) is 0 Å². The van der Waals surface area contributed by atoms with Gasteiger partial charge in [-0.05, 0) is 0 Å². The summed E-state index contributed by atoms with van der Waals surface area (Å²) in [7, 11) is 0. The third-order valence-corrected chi connectivity index (χ3v) is 1.49. The van der Waals surface area contributed by atoms with Crippen molar-refractivity contribution < 1.29 is 14.6 Å². The van der Waals surface area contributed by atoms with Crippen molar-refractivity contribution in [3.8, 4) is 0 Å². The molecule has 54 valence electrons. The molecule has 0 radical (unpaired) electrons. The molecule has 10 heavy (non-hydrogen) atoms. The Labute approximate surface area is 58.3 Å². The van der Waals surface area contributed by atoms with Gasteiger partial charge in [-0.3, -0.25) is 14.9 Å². The molecule has 1 fully saturated rings. The van der Waals surface area contributed by atoms with Gasteiger partial charge < -0.3 is 0 Å². The highest BCUT2D eigenvalue weighted by Crippen LogP contribution is 1.98. The predicted molar refractivity (Wildman–Crippen MR) is 34.3 cm³/mol. The Morgan fingerprint density at radius 1 is 1.60 bits per heavy atom. The molecule has 0 aliphatic carbocycles. The molecular weight excluding hydrogens is 132 g/mol. The van der Waals surface area contributed by atoms with Crippen molar-refractivity contribution in [1.29, 1.82) is 0 Å². The number of piperidine rings is 1. The van der Waals surface area contributed by atoms with Gasteiger partial charge in [0, 0.05) is 12.8 Å². The van der Waals surface area contributed by atoms with E-state index in [0.29, 0.717) is 12.8 Å². The van der Waals surface area contributed by atoms with E-state index in [1.807, 2.05) is 0 Å². The zero-order chi connectivity index (χ0) is 7.56. The van der Waals surface area contributed by atoms with Crippen LogP contribution in [-0.2, 0) is 9.59 Å². The van der Waals surface area contributed by atoms with Crippen molar-refractivity contribution in [2.45, 2.75) is 18.9 Å². The summed E-state index contributed by atoms with van der Waals surface area (Å²) in [5.41, 5.74) is 0. The summed E-state index contributed by atoms with van der Waals surface area (Å²) in [4.78, 5) is 23.9. The molecule has 0 saturated carbocycles. The van der Waals surface area contributed by atoms with E-state index in [-0.39, 0.29) is 17.9 Å². The first-order valence-corrected chi connectivity index (χ1v) is 3.10. The van der Waals surface area contributed by atoms with Gasteiger partial charge in [0.1, 0.15) is 6.72 Å². The van der Waals surface area contributed by atoms with Crippen LogP contribution < -0.4 is 10.3 Å². The van der Waals surface area contributed by atoms with E-state index in [1.165, 1.54) is 0 Å². The highest BCUT2D eigenvalue weighted by Gasteiger charge is 2.28. The molecule has 0 aromatic rings. The second-order valence-electron chi connectivity index (χ2n) is 2.21. The van der Waals surface area contributed by atoms with Crippen molar-refractivity contribution in [3.05, 3.63) is 0 Å². The van der Waals surface area contributed by atoms with E-state index in [0.717, 1.165) is 0 Å². The summed E-state index contributed by atoms with van der Waals surface area (Å²) >= 11 is 0. The fourth-order valence-electron chi connectivity index (χ4n) is 0.888. The van der Waals surface area contributed by atoms with Crippen LogP contribution in [0.2, 0.25) is 0 Å². The minimum absolute atomic E-state index is 0.198. The van der Waals surface area contributed by atoms with Crippen molar-refractivity contribution in [1.82, 2.24) is 5.32 Å². The van der Waals surface area contributed by atoms with Crippen LogP contribution in [0, 0.1) is 0 Å². The number of carbonyl (C=O) groups is 2. The third-order valence-electron chi connectivity index (χ3n) is 1.49. The maximum absolute atomic E-state index is 10.8. The molecule has 0 aromatic carbocycles. The average Bonchev–Trinajstić information content (AvgIpc) is 1.88. The van der Waals surface area contributed by atoms with E-state index in [9.17, 15) is 9.59 Å². The van der Waals surface area contributed by atoms with E-state index in [2.05, 4.69) is 17.0 Å². The quantitative estimate of drug-likeness (QED) is 0.315. The molecule has 1 atom stereocenters. The molecular formula is C6H9N2O2+. The molecule has 0 bridgehead atoms. The molecule has 1 rings (SSSR count). The Morgan fingerprint density at radius 3 is 2.80 bits per heavy atom. The summed E-state index contributed by atoms with van der Waals surface area (Å²) < 4.78 is 0. The van der Waals surface area contributed by atoms with Crippen molar-refractivity contribution in [3.63, 3.8) is 0 Å². The minimum Gasteiger partial charge on any atom is -0.291 e. The Bertz CT molecular complexity index is 188. The van der Waals surface area contributed by atoms with E-state index in [4.69, 9.17) is 0 Å². The Balaban J connectivity index is 2.59. The van der Waals surface area contributed by atoms with Gasteiger partial charge in [-0.2, -0.15) is 0 Å². The Kier molecular flexibility index (Phi) is 1.80. The number of hydrogen-bond donors (Lipinski definition) is 2. The van der Waals surface area contributed by atoms with Crippen LogP contribution in [0.25, 0.3) is 0 Å². The number of amides is 2. The largest absolute Gasteiger partial charge is 0.295 e. The minimum atomic E-state index is -0.294. The molecule has 4 heteroatoms. The van der Waals surface area contributed by atoms with Crippen molar-refractivity contribution in [2.24, 2.45) is 0 Å². The lowest BCUT2D eigenvalue weighted by Gasteiger charge is -2.12. The molecule has 1 aliphatic heterocycles. The second kappa shape index (κ2) is 2.60. The normalized spacial score (nSPS) is 25.8. The summed E-state index contributed by atoms with van der Waals surface area (Å²) in [6, 6.07) is -0.294. The molecule has 0 spiro atoms. The van der Waals surface area contributed by atoms with Crippen LogP contribution in [0.4, 0.5) is 0 Å². The van der Waals surface area contributed by atoms with Crippen molar-refractivity contribution in [2.75, 3.05) is 0 Å². The highest BCUT2D eigenvalue weighted by atomic mass is 16.2. The molecule has 2 N–H and O–H groups in total. The summed E-state index contributed by atoms with van der Waals surface area (Å²) in [6.07, 6.45) is 0.951. The monoisotopic (exact) mass is 141 g/mol. The summed E-state index contributed by atoms with van der Waals surface area (Å²) in [6.45, 7) is 3.36. The molecule has 4 nitrogen and oxygen atoms in total. The molecule has 2 amide bonds. The van der Waals surface area contributed by atoms with E-state index >= 15 is 0 Å². The highest BCUT2D eigenvalue weighted by molar-refractivity contribution is 5.99. The maximum Gasteiger partial charge on any atom is 0.295 e. The lowest BCUT2D eigenvalue weighted by atomic mass is 10.1. The predicted octanol–water partition coefficient (Wildman–Crippen LogP) is -2.43. The number of nitrogens with one attached hydrogen (secondary N) is 2. The molecule has 0 aromatic heterocycles. The van der Waals surface area contributed by atoms with Gasteiger partial charge in [-0.1, -0.05) is 0 Å². The van der Waals surface area contributed by atoms with Gasteiger partial charge in [0.25, 0.3) is 5.91 Å². The fraction of sp³-hybridized carbons (Fsp3) is 0.500. The summed E-state index contributed by atoms with van der Waals surface area (Å²) in [5.74, 6) is -0.470. The number of imide groups is 1. The van der Waals surface area contributed by atoms with Crippen LogP contribution in [0.5, 0.6) is 0 Å². The van der Waals surface area contributed by atoms with Gasteiger partial charge in [-0.25, -0.2) is 4.99 Å². The fourth-order valence-corrected chi connectivity index (χ4v) is 0.888. The smallest absolute Gasteiger partial charge is 0.291 e. The van der Waals surface area contributed by atoms with Crippen LogP contribution in [-0.4, -0.2) is 24.6 Å². The lowest BCUT2D eigenvalue weighted by Crippen LogP contribution is -2.79. The maximum atomic E-state index is 10.8. The molecule has 1 aliphatic rings. The van der Waals surface area contributed by atoms with Gasteiger partial charge in [0.15, 0.2) is 0 Å². The first-order chi connectivity index (χ1) is 4.74. The third kappa shape index (κ3) is 1.21. The van der Waals surface area contributed by atoms with Crippen LogP contribution >= 0.6 is 0 Å². The van der Waals surface area contributed by atoms with Crippen LogP contribution in [0.1, 0.15) is 12.8 Å². The van der Waals surface area contributed by atoms with Gasteiger partial charge in [0.2, 0.25) is 11.9 Å². The number of rotatable bonds is 1. The standard InChI is InChI=1S/C6H8N2O2/c1-7-4-2-3-5(9)8-6(4)10/h4H,1-3H2,(H,8,9,10)/p+1. The molecule has 1 saturated heterocycles. The topological polar surface area (TPSA) is 60.1 Å². The first kappa shape index (κ1) is 6.92. The van der Waals surface area contributed by atoms with Gasteiger partial charge in [-0.15, -0.1) is 0 Å². The second-order valence-corrected chi connectivity index (χ2v) is 2.21. The zero-order valence-corrected chi connectivity index (χ0v) is 5.52. The van der Waals surface area contributed by atoms with Crippen LogP contribution in [0.15, 0.2) is 0 Å². The average molecular weight is 141 g/mol. The molecule has 1 unspecified atom stereocenters. The van der Waals surface area contributed by atoms with E-state index < -0.39 is 0 Å². The Hall–Kier alpha value is -1.19. The molecule has 1 heterocycles. The number of hydrogen-bond acceptors (Lipinski definition) is 2. The van der Waals surface area contributed by atoms with Crippen LogP contribution in [0.3, 0.4) is 0 Å². The van der Waals surface area contributed by atoms with Crippen molar-refractivity contribution >= 4 is 18.5 Å². The SMILES string of the molecule is C=[NH+]C1CCC(=O)NC1=O. The lowest BCUT2D eigenvalue weighted by molar-refractivity contribution is -0.479. The zero-order valence-electron chi connectivity index (χ0n) is 5.52. The van der Waals surface area contributed by atoms with Gasteiger partial charge >= 0.3 is 0 Å².